The van der Waals surface area contributed by atoms with Gasteiger partial charge in [0.1, 0.15) is 0 Å². The van der Waals surface area contributed by atoms with Gasteiger partial charge in [-0.15, -0.1) is 11.3 Å². The number of thiophene rings is 1. The number of amides is 2. The minimum absolute atomic E-state index is 0.0697. The molecule has 148 valence electrons. The zero-order valence-electron chi connectivity index (χ0n) is 15.7. The van der Waals surface area contributed by atoms with E-state index in [1.807, 2.05) is 12.1 Å². The van der Waals surface area contributed by atoms with Crippen molar-refractivity contribution in [2.75, 3.05) is 26.2 Å². The number of piperidine rings is 2. The van der Waals surface area contributed by atoms with Crippen molar-refractivity contribution in [3.8, 4) is 0 Å². The van der Waals surface area contributed by atoms with Crippen LogP contribution >= 0.6 is 22.9 Å². The van der Waals surface area contributed by atoms with Crippen LogP contribution < -0.4 is 5.32 Å². The molecule has 1 aromatic heterocycles. The van der Waals surface area contributed by atoms with E-state index in [1.54, 1.807) is 0 Å². The first-order valence-electron chi connectivity index (χ1n) is 10.1. The molecule has 3 heterocycles. The van der Waals surface area contributed by atoms with Crippen molar-refractivity contribution >= 4 is 34.8 Å². The molecule has 2 saturated heterocycles. The Bertz CT molecular complexity index is 683. The van der Waals surface area contributed by atoms with Crippen molar-refractivity contribution in [2.24, 2.45) is 11.8 Å². The molecule has 2 aliphatic heterocycles. The predicted molar refractivity (Wildman–Crippen MR) is 108 cm³/mol. The van der Waals surface area contributed by atoms with Crippen LogP contribution in [0.15, 0.2) is 12.1 Å². The van der Waals surface area contributed by atoms with Gasteiger partial charge in [0.15, 0.2) is 0 Å². The minimum atomic E-state index is 0.0697. The van der Waals surface area contributed by atoms with Crippen LogP contribution in [0.25, 0.3) is 0 Å². The molecule has 1 atom stereocenters. The maximum Gasteiger partial charge on any atom is 0.225 e. The van der Waals surface area contributed by atoms with Crippen LogP contribution in [0.2, 0.25) is 4.34 Å². The van der Waals surface area contributed by atoms with Crippen LogP contribution in [0.4, 0.5) is 0 Å². The number of nitrogens with zero attached hydrogens (tertiary/aromatic N) is 2. The zero-order valence-corrected chi connectivity index (χ0v) is 17.2. The second-order valence-electron chi connectivity index (χ2n) is 8.09. The first-order chi connectivity index (χ1) is 13.1. The van der Waals surface area contributed by atoms with Crippen molar-refractivity contribution in [1.29, 1.82) is 0 Å². The van der Waals surface area contributed by atoms with E-state index in [-0.39, 0.29) is 11.8 Å². The lowest BCUT2D eigenvalue weighted by molar-refractivity contribution is -0.134. The Morgan fingerprint density at radius 3 is 2.52 bits per heavy atom. The van der Waals surface area contributed by atoms with E-state index in [0.29, 0.717) is 24.4 Å². The topological polar surface area (TPSA) is 52.7 Å². The van der Waals surface area contributed by atoms with Gasteiger partial charge in [0, 0.05) is 36.5 Å². The molecule has 1 aromatic rings. The van der Waals surface area contributed by atoms with Crippen LogP contribution in [0, 0.1) is 11.8 Å². The minimum Gasteiger partial charge on any atom is -0.351 e. The third-order valence-electron chi connectivity index (χ3n) is 6.11. The standard InChI is InChI=1S/C20H28ClN3O2S/c21-18-6-5-17(27-18)12-22-19(25)15-2-1-9-24(13-15)16-7-10-23(11-8-16)20(26)14-3-4-14/h5-6,14-16H,1-4,7-13H2,(H,22,25)/t15-/m1/s1. The highest BCUT2D eigenvalue weighted by molar-refractivity contribution is 7.16. The van der Waals surface area contributed by atoms with Gasteiger partial charge in [-0.05, 0) is 57.2 Å². The van der Waals surface area contributed by atoms with Crippen LogP contribution in [0.1, 0.15) is 43.4 Å². The van der Waals surface area contributed by atoms with Crippen molar-refractivity contribution in [2.45, 2.75) is 51.1 Å². The van der Waals surface area contributed by atoms with Crippen LogP contribution in [0.3, 0.4) is 0 Å². The molecule has 4 rings (SSSR count). The molecule has 3 fully saturated rings. The van der Waals surface area contributed by atoms with E-state index in [4.69, 9.17) is 11.6 Å². The van der Waals surface area contributed by atoms with Gasteiger partial charge in [0.2, 0.25) is 11.8 Å². The van der Waals surface area contributed by atoms with E-state index in [2.05, 4.69) is 15.1 Å². The SMILES string of the molecule is O=C(NCc1ccc(Cl)s1)[C@@H]1CCCN(C2CCN(C(=O)C3CC3)CC2)C1. The fourth-order valence-corrected chi connectivity index (χ4v) is 5.38. The number of hydrogen-bond acceptors (Lipinski definition) is 4. The zero-order chi connectivity index (χ0) is 18.8. The first kappa shape index (κ1) is 19.2. The number of rotatable bonds is 5. The van der Waals surface area contributed by atoms with E-state index in [1.165, 1.54) is 11.3 Å². The number of carbonyl (C=O) groups excluding carboxylic acids is 2. The summed E-state index contributed by atoms with van der Waals surface area (Å²) in [6, 6.07) is 4.35. The van der Waals surface area contributed by atoms with Gasteiger partial charge >= 0.3 is 0 Å². The summed E-state index contributed by atoms with van der Waals surface area (Å²) in [5.41, 5.74) is 0. The summed E-state index contributed by atoms with van der Waals surface area (Å²) in [4.78, 5) is 30.5. The quantitative estimate of drug-likeness (QED) is 0.812. The van der Waals surface area contributed by atoms with Gasteiger partial charge < -0.3 is 10.2 Å². The summed E-state index contributed by atoms with van der Waals surface area (Å²) in [7, 11) is 0. The molecule has 27 heavy (non-hydrogen) atoms. The number of carbonyl (C=O) groups is 2. The Morgan fingerprint density at radius 1 is 1.07 bits per heavy atom. The smallest absolute Gasteiger partial charge is 0.225 e. The van der Waals surface area contributed by atoms with Gasteiger partial charge in [-0.2, -0.15) is 0 Å². The second kappa shape index (κ2) is 8.50. The summed E-state index contributed by atoms with van der Waals surface area (Å²) in [6.45, 7) is 4.25. The van der Waals surface area contributed by atoms with Gasteiger partial charge in [0.05, 0.1) is 16.8 Å². The van der Waals surface area contributed by atoms with E-state index >= 15 is 0 Å². The van der Waals surface area contributed by atoms with Crippen molar-refractivity contribution in [3.63, 3.8) is 0 Å². The molecule has 1 N–H and O–H groups in total. The van der Waals surface area contributed by atoms with Crippen molar-refractivity contribution in [1.82, 2.24) is 15.1 Å². The Morgan fingerprint density at radius 2 is 1.85 bits per heavy atom. The highest BCUT2D eigenvalue weighted by Gasteiger charge is 2.37. The third-order valence-corrected chi connectivity index (χ3v) is 7.34. The Kier molecular flexibility index (Phi) is 6.05. The largest absolute Gasteiger partial charge is 0.351 e. The van der Waals surface area contributed by atoms with Gasteiger partial charge in [-0.1, -0.05) is 11.6 Å². The predicted octanol–water partition coefficient (Wildman–Crippen LogP) is 3.13. The molecule has 5 nitrogen and oxygen atoms in total. The lowest BCUT2D eigenvalue weighted by Gasteiger charge is -2.42. The van der Waals surface area contributed by atoms with E-state index in [0.717, 1.165) is 73.9 Å². The maximum atomic E-state index is 12.6. The van der Waals surface area contributed by atoms with Gasteiger partial charge in [-0.3, -0.25) is 14.5 Å². The highest BCUT2D eigenvalue weighted by atomic mass is 35.5. The van der Waals surface area contributed by atoms with Crippen LogP contribution in [0.5, 0.6) is 0 Å². The van der Waals surface area contributed by atoms with E-state index in [9.17, 15) is 9.59 Å². The van der Waals surface area contributed by atoms with Crippen LogP contribution in [-0.2, 0) is 16.1 Å². The van der Waals surface area contributed by atoms with Crippen molar-refractivity contribution in [3.05, 3.63) is 21.3 Å². The average molecular weight is 410 g/mol. The first-order valence-corrected chi connectivity index (χ1v) is 11.3. The Labute approximate surface area is 170 Å². The molecule has 0 bridgehead atoms. The fourth-order valence-electron chi connectivity index (χ4n) is 4.36. The summed E-state index contributed by atoms with van der Waals surface area (Å²) < 4.78 is 0.759. The Hall–Kier alpha value is -1.11. The molecule has 2 amide bonds. The van der Waals surface area contributed by atoms with Crippen LogP contribution in [-0.4, -0.2) is 53.8 Å². The summed E-state index contributed by atoms with van der Waals surface area (Å²) in [6.07, 6.45) is 6.29. The molecule has 1 saturated carbocycles. The maximum absolute atomic E-state index is 12.6. The third kappa shape index (κ3) is 4.84. The molecule has 0 aromatic carbocycles. The average Bonchev–Trinajstić information content (AvgIpc) is 3.47. The highest BCUT2D eigenvalue weighted by Crippen LogP contribution is 2.32. The molecular formula is C20H28ClN3O2S. The molecule has 1 aliphatic carbocycles. The molecule has 7 heteroatoms. The number of halogens is 1. The fraction of sp³-hybridized carbons (Fsp3) is 0.700. The van der Waals surface area contributed by atoms with Gasteiger partial charge in [0.25, 0.3) is 0 Å². The van der Waals surface area contributed by atoms with E-state index < -0.39 is 0 Å². The normalized spacial score (nSPS) is 24.8. The molecule has 3 aliphatic rings. The lowest BCUT2D eigenvalue weighted by atomic mass is 9.93. The second-order valence-corrected chi connectivity index (χ2v) is 9.89. The van der Waals surface area contributed by atoms with Crippen molar-refractivity contribution < 1.29 is 9.59 Å². The summed E-state index contributed by atoms with van der Waals surface area (Å²) >= 11 is 7.47. The lowest BCUT2D eigenvalue weighted by Crippen LogP contribution is -2.51. The molecule has 0 radical (unpaired) electrons. The summed E-state index contributed by atoms with van der Waals surface area (Å²) in [5.74, 6) is 0.923. The number of hydrogen-bond donors (Lipinski definition) is 1. The summed E-state index contributed by atoms with van der Waals surface area (Å²) in [5, 5.41) is 3.08. The molecule has 0 unspecified atom stereocenters. The van der Waals surface area contributed by atoms with Gasteiger partial charge in [-0.25, -0.2) is 0 Å². The Balaban J connectivity index is 1.24. The number of nitrogens with one attached hydrogen (secondary N) is 1. The molecule has 0 spiro atoms. The molecular weight excluding hydrogens is 382 g/mol. The monoisotopic (exact) mass is 409 g/mol. The number of likely N-dealkylation sites (tertiary alicyclic amines) is 2.